The minimum absolute atomic E-state index is 0.104. The minimum atomic E-state index is -2.88. The maximum atomic E-state index is 12.5. The molecular weight excluding hydrogens is 322 g/mol. The number of rotatable bonds is 3. The van der Waals surface area contributed by atoms with Crippen molar-refractivity contribution >= 4 is 11.7 Å². The first kappa shape index (κ1) is 16.9. The average Bonchev–Trinajstić information content (AvgIpc) is 2.51. The van der Waals surface area contributed by atoms with Gasteiger partial charge in [0.15, 0.2) is 0 Å². The molecule has 0 aliphatic carbocycles. The Labute approximate surface area is 138 Å². The second kappa shape index (κ2) is 6.90. The van der Waals surface area contributed by atoms with Gasteiger partial charge in [-0.1, -0.05) is 0 Å². The zero-order valence-electron chi connectivity index (χ0n) is 13.6. The van der Waals surface area contributed by atoms with E-state index in [0.717, 1.165) is 0 Å². The minimum Gasteiger partial charge on any atom is -0.435 e. The fourth-order valence-corrected chi connectivity index (χ4v) is 2.95. The molecule has 0 unspecified atom stereocenters. The molecule has 1 aromatic carbocycles. The highest BCUT2D eigenvalue weighted by Gasteiger charge is 2.34. The number of halogens is 2. The molecule has 2 aliphatic rings. The van der Waals surface area contributed by atoms with E-state index in [2.05, 4.69) is 10.1 Å². The predicted octanol–water partition coefficient (Wildman–Crippen LogP) is 2.54. The maximum absolute atomic E-state index is 12.5. The van der Waals surface area contributed by atoms with Gasteiger partial charge in [0.05, 0.1) is 38.5 Å². The van der Waals surface area contributed by atoms with E-state index in [-0.39, 0.29) is 24.0 Å². The molecule has 2 amide bonds. The van der Waals surface area contributed by atoms with Crippen LogP contribution in [0.2, 0.25) is 0 Å². The summed E-state index contributed by atoms with van der Waals surface area (Å²) in [6.45, 7) is 2.41. The Morgan fingerprint density at radius 2 is 1.92 bits per heavy atom. The lowest BCUT2D eigenvalue weighted by Gasteiger charge is -2.41. The van der Waals surface area contributed by atoms with Crippen LogP contribution in [0.4, 0.5) is 19.3 Å². The Morgan fingerprint density at radius 1 is 1.25 bits per heavy atom. The van der Waals surface area contributed by atoms with Crippen molar-refractivity contribution in [1.82, 2.24) is 4.90 Å². The lowest BCUT2D eigenvalue weighted by atomic mass is 10.1. The lowest BCUT2D eigenvalue weighted by molar-refractivity contribution is -0.170. The topological polar surface area (TPSA) is 60.0 Å². The van der Waals surface area contributed by atoms with Gasteiger partial charge >= 0.3 is 12.6 Å². The molecule has 2 heterocycles. The summed E-state index contributed by atoms with van der Waals surface area (Å²) in [7, 11) is 0. The SMILES string of the molecule is Cc1cc(OC(F)F)c(C)cc1NC(=O)N1C[C@H]2COC[C@@H](C1)O2. The van der Waals surface area contributed by atoms with Gasteiger partial charge in [-0.3, -0.25) is 0 Å². The molecule has 2 bridgehead atoms. The van der Waals surface area contributed by atoms with Crippen LogP contribution in [0.15, 0.2) is 12.1 Å². The second-order valence-electron chi connectivity index (χ2n) is 6.06. The molecule has 6 nitrogen and oxygen atoms in total. The first-order valence-corrected chi connectivity index (χ1v) is 7.77. The van der Waals surface area contributed by atoms with Crippen LogP contribution in [-0.4, -0.2) is 56.1 Å². The summed E-state index contributed by atoms with van der Waals surface area (Å²) >= 11 is 0. The van der Waals surface area contributed by atoms with E-state index in [0.29, 0.717) is 43.1 Å². The van der Waals surface area contributed by atoms with E-state index >= 15 is 0 Å². The second-order valence-corrected chi connectivity index (χ2v) is 6.06. The van der Waals surface area contributed by atoms with Crippen LogP contribution >= 0.6 is 0 Å². The van der Waals surface area contributed by atoms with Crippen molar-refractivity contribution in [3.05, 3.63) is 23.3 Å². The van der Waals surface area contributed by atoms with Crippen molar-refractivity contribution in [1.29, 1.82) is 0 Å². The lowest BCUT2D eigenvalue weighted by Crippen LogP contribution is -2.56. The molecule has 0 radical (unpaired) electrons. The van der Waals surface area contributed by atoms with E-state index in [9.17, 15) is 13.6 Å². The van der Waals surface area contributed by atoms with E-state index in [1.807, 2.05) is 0 Å². The Hall–Kier alpha value is -1.93. The third-order valence-corrected chi connectivity index (χ3v) is 4.11. The molecule has 1 N–H and O–H groups in total. The molecule has 2 aliphatic heterocycles. The Kier molecular flexibility index (Phi) is 4.86. The van der Waals surface area contributed by atoms with Gasteiger partial charge in [-0.2, -0.15) is 8.78 Å². The van der Waals surface area contributed by atoms with Gasteiger partial charge in [0.2, 0.25) is 0 Å². The van der Waals surface area contributed by atoms with Crippen molar-refractivity contribution < 1.29 is 27.8 Å². The number of nitrogens with zero attached hydrogens (tertiary/aromatic N) is 1. The number of nitrogens with one attached hydrogen (secondary N) is 1. The van der Waals surface area contributed by atoms with Gasteiger partial charge in [-0.25, -0.2) is 4.79 Å². The number of hydrogen-bond acceptors (Lipinski definition) is 4. The molecule has 2 atom stereocenters. The summed E-state index contributed by atoms with van der Waals surface area (Å²) in [6, 6.07) is 2.90. The van der Waals surface area contributed by atoms with E-state index in [4.69, 9.17) is 9.47 Å². The van der Waals surface area contributed by atoms with Crippen molar-refractivity contribution in [2.75, 3.05) is 31.6 Å². The van der Waals surface area contributed by atoms with Gasteiger partial charge in [0, 0.05) is 5.69 Å². The number of aryl methyl sites for hydroxylation is 2. The molecule has 0 saturated carbocycles. The largest absolute Gasteiger partial charge is 0.435 e. The zero-order valence-corrected chi connectivity index (χ0v) is 13.6. The van der Waals surface area contributed by atoms with Gasteiger partial charge < -0.3 is 24.4 Å². The van der Waals surface area contributed by atoms with Crippen LogP contribution in [-0.2, 0) is 9.47 Å². The molecule has 3 rings (SSSR count). The van der Waals surface area contributed by atoms with Crippen LogP contribution < -0.4 is 10.1 Å². The van der Waals surface area contributed by atoms with Gasteiger partial charge in [0.1, 0.15) is 5.75 Å². The molecule has 1 aromatic rings. The number of carbonyl (C=O) groups excluding carboxylic acids is 1. The third kappa shape index (κ3) is 3.76. The fourth-order valence-electron chi connectivity index (χ4n) is 2.95. The molecule has 24 heavy (non-hydrogen) atoms. The highest BCUT2D eigenvalue weighted by molar-refractivity contribution is 5.90. The number of fused-ring (bicyclic) bond motifs is 2. The smallest absolute Gasteiger partial charge is 0.387 e. The summed E-state index contributed by atoms with van der Waals surface area (Å²) < 4.78 is 40.3. The van der Waals surface area contributed by atoms with Crippen LogP contribution in [0.25, 0.3) is 0 Å². The average molecular weight is 342 g/mol. The number of benzene rings is 1. The molecule has 2 fully saturated rings. The van der Waals surface area contributed by atoms with Crippen LogP contribution in [0, 0.1) is 13.8 Å². The molecular formula is C16H20F2N2O4. The molecule has 0 aromatic heterocycles. The number of hydrogen-bond donors (Lipinski definition) is 1. The Morgan fingerprint density at radius 3 is 2.54 bits per heavy atom. The van der Waals surface area contributed by atoms with Crippen molar-refractivity contribution in [3.8, 4) is 5.75 Å². The van der Waals surface area contributed by atoms with Crippen molar-refractivity contribution in [2.45, 2.75) is 32.7 Å². The number of morpholine rings is 1. The quantitative estimate of drug-likeness (QED) is 0.917. The van der Waals surface area contributed by atoms with E-state index in [1.54, 1.807) is 24.8 Å². The number of ether oxygens (including phenoxy) is 3. The van der Waals surface area contributed by atoms with Gasteiger partial charge in [0.25, 0.3) is 0 Å². The predicted molar refractivity (Wildman–Crippen MR) is 82.6 cm³/mol. The normalized spacial score (nSPS) is 23.3. The van der Waals surface area contributed by atoms with Gasteiger partial charge in [-0.05, 0) is 37.1 Å². The molecule has 8 heteroatoms. The summed E-state index contributed by atoms with van der Waals surface area (Å²) in [4.78, 5) is 14.2. The Bertz CT molecular complexity index is 614. The zero-order chi connectivity index (χ0) is 17.3. The summed E-state index contributed by atoms with van der Waals surface area (Å²) in [5.74, 6) is 0.110. The number of urea groups is 1. The maximum Gasteiger partial charge on any atom is 0.387 e. The molecule has 0 spiro atoms. The summed E-state index contributed by atoms with van der Waals surface area (Å²) in [5, 5.41) is 2.84. The van der Waals surface area contributed by atoms with Crippen molar-refractivity contribution in [3.63, 3.8) is 0 Å². The van der Waals surface area contributed by atoms with Crippen LogP contribution in [0.1, 0.15) is 11.1 Å². The van der Waals surface area contributed by atoms with E-state index in [1.165, 1.54) is 6.07 Å². The highest BCUT2D eigenvalue weighted by Crippen LogP contribution is 2.28. The Balaban J connectivity index is 1.69. The summed E-state index contributed by atoms with van der Waals surface area (Å²) in [6.07, 6.45) is -0.208. The number of carbonyl (C=O) groups is 1. The highest BCUT2D eigenvalue weighted by atomic mass is 19.3. The first-order chi connectivity index (χ1) is 11.4. The number of alkyl halides is 2. The first-order valence-electron chi connectivity index (χ1n) is 7.77. The van der Waals surface area contributed by atoms with Crippen LogP contribution in [0.3, 0.4) is 0 Å². The molecule has 2 saturated heterocycles. The number of amides is 2. The van der Waals surface area contributed by atoms with E-state index < -0.39 is 6.61 Å². The molecule has 132 valence electrons. The monoisotopic (exact) mass is 342 g/mol. The standard InChI is InChI=1S/C16H20F2N2O4/c1-9-4-14(24-15(17)18)10(2)3-13(9)19-16(21)20-5-11-7-22-8-12(6-20)23-11/h3-4,11-12,15H,5-8H2,1-2H3,(H,19,21)/t11-,12+. The number of anilines is 1. The third-order valence-electron chi connectivity index (χ3n) is 4.11. The fraction of sp³-hybridized carbons (Fsp3) is 0.562. The van der Waals surface area contributed by atoms with Crippen LogP contribution in [0.5, 0.6) is 5.75 Å². The summed E-state index contributed by atoms with van der Waals surface area (Å²) in [5.41, 5.74) is 1.76. The van der Waals surface area contributed by atoms with Gasteiger partial charge in [-0.15, -0.1) is 0 Å². The van der Waals surface area contributed by atoms with Crippen molar-refractivity contribution in [2.24, 2.45) is 0 Å².